The highest BCUT2D eigenvalue weighted by atomic mass is 16.2. The Morgan fingerprint density at radius 2 is 0.962 bits per heavy atom. The molecule has 8 heteroatoms. The monoisotopic (exact) mass is 368 g/mol. The van der Waals surface area contributed by atoms with Crippen LogP contribution in [0.2, 0.25) is 0 Å². The Labute approximate surface area is 155 Å². The fourth-order valence-corrected chi connectivity index (χ4v) is 2.70. The van der Waals surface area contributed by atoms with Crippen molar-refractivity contribution in [1.82, 2.24) is 21.3 Å². The summed E-state index contributed by atoms with van der Waals surface area (Å²) < 4.78 is 0. The Bertz CT molecular complexity index is 503. The van der Waals surface area contributed by atoms with Crippen LogP contribution in [0, 0.1) is 11.8 Å². The van der Waals surface area contributed by atoms with Crippen LogP contribution in [-0.2, 0) is 19.2 Å². The number of amides is 4. The molecule has 1 rings (SSSR count). The summed E-state index contributed by atoms with van der Waals surface area (Å²) in [5.41, 5.74) is 0. The van der Waals surface area contributed by atoms with Crippen molar-refractivity contribution < 1.29 is 19.2 Å². The highest BCUT2D eigenvalue weighted by Crippen LogP contribution is 2.11. The van der Waals surface area contributed by atoms with Gasteiger partial charge in [0.25, 0.3) is 0 Å². The van der Waals surface area contributed by atoms with Crippen LogP contribution in [0.4, 0.5) is 0 Å². The Balaban J connectivity index is 3.16. The fourth-order valence-electron chi connectivity index (χ4n) is 2.70. The Morgan fingerprint density at radius 1 is 0.654 bits per heavy atom. The number of hydrogen-bond acceptors (Lipinski definition) is 4. The third kappa shape index (κ3) is 5.44. The Hall–Kier alpha value is -2.12. The van der Waals surface area contributed by atoms with Crippen LogP contribution in [0.3, 0.4) is 0 Å². The molecule has 0 bridgehead atoms. The van der Waals surface area contributed by atoms with Crippen molar-refractivity contribution in [2.45, 2.75) is 78.6 Å². The van der Waals surface area contributed by atoms with E-state index in [1.165, 1.54) is 0 Å². The van der Waals surface area contributed by atoms with Crippen LogP contribution in [0.5, 0.6) is 0 Å². The van der Waals surface area contributed by atoms with Gasteiger partial charge in [0.15, 0.2) is 0 Å². The minimum absolute atomic E-state index is 0.118. The first-order valence-corrected chi connectivity index (χ1v) is 9.33. The average molecular weight is 368 g/mol. The molecule has 0 aromatic heterocycles. The quantitative estimate of drug-likeness (QED) is 0.562. The predicted molar refractivity (Wildman–Crippen MR) is 98.0 cm³/mol. The van der Waals surface area contributed by atoms with Crippen LogP contribution in [-0.4, -0.2) is 47.8 Å². The van der Waals surface area contributed by atoms with Crippen molar-refractivity contribution in [3.8, 4) is 0 Å². The maximum atomic E-state index is 12.6. The summed E-state index contributed by atoms with van der Waals surface area (Å²) in [5.74, 6) is -1.91. The Kier molecular flexibility index (Phi) is 8.05. The number of nitrogens with one attached hydrogen (secondary N) is 4. The molecule has 0 spiro atoms. The summed E-state index contributed by atoms with van der Waals surface area (Å²) >= 11 is 0. The molecule has 148 valence electrons. The van der Waals surface area contributed by atoms with Gasteiger partial charge in [-0.3, -0.25) is 19.2 Å². The largest absolute Gasteiger partial charge is 0.343 e. The first-order valence-electron chi connectivity index (χ1n) is 9.33. The molecule has 1 aliphatic rings. The van der Waals surface area contributed by atoms with Crippen LogP contribution in [0.25, 0.3) is 0 Å². The second-order valence-corrected chi connectivity index (χ2v) is 7.20. The van der Waals surface area contributed by atoms with E-state index in [2.05, 4.69) is 21.3 Å². The molecular weight excluding hydrogens is 336 g/mol. The molecule has 8 nitrogen and oxygen atoms in total. The first-order chi connectivity index (χ1) is 12.1. The highest BCUT2D eigenvalue weighted by molar-refractivity contribution is 5.97. The van der Waals surface area contributed by atoms with Gasteiger partial charge in [0, 0.05) is 0 Å². The molecule has 4 N–H and O–H groups in total. The topological polar surface area (TPSA) is 116 Å². The van der Waals surface area contributed by atoms with Crippen LogP contribution >= 0.6 is 0 Å². The molecule has 1 saturated heterocycles. The lowest BCUT2D eigenvalue weighted by Crippen LogP contribution is -2.62. The lowest BCUT2D eigenvalue weighted by Gasteiger charge is -2.30. The molecule has 6 atom stereocenters. The SMILES string of the molecule is CC[C@H](C)[C@@H]1NC(=O)[C@@H](C)NC(=O)[C@H]([C@@H](C)CC)NC(=O)[C@@H](C)NC1=O. The van der Waals surface area contributed by atoms with Crippen LogP contribution < -0.4 is 21.3 Å². The fraction of sp³-hybridized carbons (Fsp3) is 0.778. The molecule has 0 saturated carbocycles. The lowest BCUT2D eigenvalue weighted by molar-refractivity contribution is -0.137. The average Bonchev–Trinajstić information content (AvgIpc) is 2.60. The van der Waals surface area contributed by atoms with Crippen LogP contribution in [0.15, 0.2) is 0 Å². The van der Waals surface area contributed by atoms with E-state index in [1.807, 2.05) is 27.7 Å². The normalized spacial score (nSPS) is 30.7. The molecule has 26 heavy (non-hydrogen) atoms. The van der Waals surface area contributed by atoms with E-state index < -0.39 is 47.8 Å². The third-order valence-corrected chi connectivity index (χ3v) is 5.09. The maximum absolute atomic E-state index is 12.6. The summed E-state index contributed by atoms with van der Waals surface area (Å²) in [5, 5.41) is 10.7. The van der Waals surface area contributed by atoms with Gasteiger partial charge in [-0.15, -0.1) is 0 Å². The second kappa shape index (κ2) is 9.54. The zero-order chi connectivity index (χ0) is 20.0. The van der Waals surface area contributed by atoms with Gasteiger partial charge < -0.3 is 21.3 Å². The molecular formula is C18H32N4O4. The molecule has 1 heterocycles. The van der Waals surface area contributed by atoms with Crippen molar-refractivity contribution in [3.05, 3.63) is 0 Å². The van der Waals surface area contributed by atoms with Gasteiger partial charge in [0.1, 0.15) is 24.2 Å². The van der Waals surface area contributed by atoms with E-state index in [9.17, 15) is 19.2 Å². The van der Waals surface area contributed by atoms with E-state index >= 15 is 0 Å². The minimum atomic E-state index is -0.817. The molecule has 0 unspecified atom stereocenters. The van der Waals surface area contributed by atoms with Gasteiger partial charge in [-0.25, -0.2) is 0 Å². The number of rotatable bonds is 4. The van der Waals surface area contributed by atoms with Gasteiger partial charge in [-0.1, -0.05) is 40.5 Å². The zero-order valence-electron chi connectivity index (χ0n) is 16.5. The van der Waals surface area contributed by atoms with Gasteiger partial charge >= 0.3 is 0 Å². The van der Waals surface area contributed by atoms with E-state index in [4.69, 9.17) is 0 Å². The smallest absolute Gasteiger partial charge is 0.243 e. The molecule has 0 aliphatic carbocycles. The van der Waals surface area contributed by atoms with Crippen molar-refractivity contribution in [1.29, 1.82) is 0 Å². The number of carbonyl (C=O) groups is 4. The van der Waals surface area contributed by atoms with E-state index in [1.54, 1.807) is 13.8 Å². The summed E-state index contributed by atoms with van der Waals surface area (Å²) in [4.78, 5) is 50.1. The van der Waals surface area contributed by atoms with Crippen molar-refractivity contribution >= 4 is 23.6 Å². The molecule has 1 fully saturated rings. The van der Waals surface area contributed by atoms with Crippen molar-refractivity contribution in [3.63, 3.8) is 0 Å². The van der Waals surface area contributed by atoms with E-state index in [-0.39, 0.29) is 11.8 Å². The van der Waals surface area contributed by atoms with E-state index in [0.717, 1.165) is 0 Å². The minimum Gasteiger partial charge on any atom is -0.343 e. The second-order valence-electron chi connectivity index (χ2n) is 7.20. The number of hydrogen-bond donors (Lipinski definition) is 4. The van der Waals surface area contributed by atoms with Crippen molar-refractivity contribution in [2.24, 2.45) is 11.8 Å². The first kappa shape index (κ1) is 21.9. The summed E-state index contributed by atoms with van der Waals surface area (Å²) in [7, 11) is 0. The number of carbonyl (C=O) groups excluding carboxylic acids is 4. The molecule has 4 amide bonds. The third-order valence-electron chi connectivity index (χ3n) is 5.09. The highest BCUT2D eigenvalue weighted by Gasteiger charge is 2.34. The Morgan fingerprint density at radius 3 is 1.23 bits per heavy atom. The predicted octanol–water partition coefficient (Wildman–Crippen LogP) is 0.0712. The van der Waals surface area contributed by atoms with Gasteiger partial charge in [0.05, 0.1) is 0 Å². The maximum Gasteiger partial charge on any atom is 0.243 e. The summed E-state index contributed by atoms with van der Waals surface area (Å²) in [6.07, 6.45) is 1.35. The molecule has 0 aromatic carbocycles. The van der Waals surface area contributed by atoms with Gasteiger partial charge in [0.2, 0.25) is 23.6 Å². The summed E-state index contributed by atoms with van der Waals surface area (Å²) in [6.45, 7) is 10.6. The van der Waals surface area contributed by atoms with E-state index in [0.29, 0.717) is 12.8 Å². The van der Waals surface area contributed by atoms with Gasteiger partial charge in [-0.05, 0) is 25.7 Å². The molecule has 0 aromatic rings. The van der Waals surface area contributed by atoms with Gasteiger partial charge in [-0.2, -0.15) is 0 Å². The summed E-state index contributed by atoms with van der Waals surface area (Å²) in [6, 6.07) is -3.18. The standard InChI is InChI=1S/C18H32N4O4/c1-7-9(3)13-17(25)19-12(6)16(24)22-14(10(4)8-2)18(26)20-11(5)15(23)21-13/h9-14H,7-8H2,1-6H3,(H,19,25)(H,20,26)(H,21,23)(H,22,24)/t9-,10-,11+,12+,13-,14-/m0/s1. The van der Waals surface area contributed by atoms with Crippen LogP contribution in [0.1, 0.15) is 54.4 Å². The zero-order valence-corrected chi connectivity index (χ0v) is 16.5. The molecule has 0 radical (unpaired) electrons. The lowest BCUT2D eigenvalue weighted by atomic mass is 9.96. The van der Waals surface area contributed by atoms with Crippen molar-refractivity contribution in [2.75, 3.05) is 0 Å². The molecule has 1 aliphatic heterocycles.